The number of methoxy groups -OCH3 is 1. The highest BCUT2D eigenvalue weighted by Gasteiger charge is 2.20. The monoisotopic (exact) mass is 282 g/mol. The second kappa shape index (κ2) is 8.01. The molecule has 0 fully saturated rings. The van der Waals surface area contributed by atoms with Crippen LogP contribution < -0.4 is 10.6 Å². The van der Waals surface area contributed by atoms with Crippen LogP contribution in [-0.2, 0) is 4.74 Å². The highest BCUT2D eigenvalue weighted by Crippen LogP contribution is 2.15. The molecule has 1 heterocycles. The number of hydrogen-bond donors (Lipinski definition) is 3. The van der Waals surface area contributed by atoms with Gasteiger partial charge in [-0.3, -0.25) is 0 Å². The lowest BCUT2D eigenvalue weighted by molar-refractivity contribution is 0.0357. The molecule has 6 nitrogen and oxygen atoms in total. The van der Waals surface area contributed by atoms with Crippen molar-refractivity contribution in [2.45, 2.75) is 39.2 Å². The van der Waals surface area contributed by atoms with E-state index >= 15 is 0 Å². The lowest BCUT2D eigenvalue weighted by Gasteiger charge is -2.24. The second-order valence-electron chi connectivity index (χ2n) is 5.25. The van der Waals surface area contributed by atoms with Crippen LogP contribution in [0.3, 0.4) is 0 Å². The van der Waals surface area contributed by atoms with Crippen LogP contribution in [0.4, 0.5) is 11.8 Å². The van der Waals surface area contributed by atoms with Gasteiger partial charge in [-0.2, -0.15) is 4.98 Å². The summed E-state index contributed by atoms with van der Waals surface area (Å²) in [5.74, 6) is 1.35. The van der Waals surface area contributed by atoms with E-state index in [0.29, 0.717) is 25.5 Å². The molecule has 0 bridgehead atoms. The standard InChI is InChI=1S/C14H26N4O2/c1-5-7-15-13-16-9-11(2)12(18-13)17-10-14(3,19)6-8-20-4/h9,19H,5-8,10H2,1-4H3,(H2,15,16,17,18). The van der Waals surface area contributed by atoms with Gasteiger partial charge in [0.05, 0.1) is 5.60 Å². The Labute approximate surface area is 121 Å². The van der Waals surface area contributed by atoms with E-state index in [1.54, 1.807) is 20.2 Å². The minimum absolute atomic E-state index is 0.418. The highest BCUT2D eigenvalue weighted by atomic mass is 16.5. The Morgan fingerprint density at radius 3 is 2.80 bits per heavy atom. The lowest BCUT2D eigenvalue weighted by atomic mass is 10.0. The number of aryl methyl sites for hydroxylation is 1. The van der Waals surface area contributed by atoms with Crippen LogP contribution in [0.5, 0.6) is 0 Å². The normalized spacial score (nSPS) is 13.8. The summed E-state index contributed by atoms with van der Waals surface area (Å²) in [5.41, 5.74) is 0.124. The van der Waals surface area contributed by atoms with Gasteiger partial charge in [0.2, 0.25) is 5.95 Å². The van der Waals surface area contributed by atoms with Gasteiger partial charge in [-0.25, -0.2) is 4.98 Å². The van der Waals surface area contributed by atoms with Crippen LogP contribution in [0.2, 0.25) is 0 Å². The SMILES string of the molecule is CCCNc1ncc(C)c(NCC(C)(O)CCOC)n1. The first-order valence-corrected chi connectivity index (χ1v) is 7.01. The average molecular weight is 282 g/mol. The Morgan fingerprint density at radius 2 is 2.15 bits per heavy atom. The van der Waals surface area contributed by atoms with Crippen molar-refractivity contribution in [3.63, 3.8) is 0 Å². The predicted molar refractivity (Wildman–Crippen MR) is 81.2 cm³/mol. The molecule has 0 aromatic carbocycles. The Hall–Kier alpha value is -1.40. The number of ether oxygens (including phenoxy) is 1. The van der Waals surface area contributed by atoms with Crippen molar-refractivity contribution in [3.05, 3.63) is 11.8 Å². The van der Waals surface area contributed by atoms with Gasteiger partial charge in [0, 0.05) is 45.0 Å². The Morgan fingerprint density at radius 1 is 1.40 bits per heavy atom. The summed E-state index contributed by atoms with van der Waals surface area (Å²) in [6.07, 6.45) is 3.37. The molecular weight excluding hydrogens is 256 g/mol. The first-order valence-electron chi connectivity index (χ1n) is 7.01. The Kier molecular flexibility index (Phi) is 6.67. The summed E-state index contributed by atoms with van der Waals surface area (Å²) < 4.78 is 4.99. The Bertz CT molecular complexity index is 410. The molecule has 20 heavy (non-hydrogen) atoms. The van der Waals surface area contributed by atoms with E-state index in [1.165, 1.54) is 0 Å². The molecule has 1 rings (SSSR count). The van der Waals surface area contributed by atoms with E-state index in [1.807, 2.05) is 6.92 Å². The van der Waals surface area contributed by atoms with Gasteiger partial charge in [0.1, 0.15) is 5.82 Å². The number of nitrogens with zero attached hydrogens (tertiary/aromatic N) is 2. The molecule has 0 saturated heterocycles. The number of hydrogen-bond acceptors (Lipinski definition) is 6. The first kappa shape index (κ1) is 16.7. The molecule has 0 aliphatic rings. The van der Waals surface area contributed by atoms with E-state index < -0.39 is 5.60 Å². The average Bonchev–Trinajstić information content (AvgIpc) is 2.43. The third kappa shape index (κ3) is 5.71. The summed E-state index contributed by atoms with van der Waals surface area (Å²) in [7, 11) is 1.63. The Balaban J connectivity index is 2.61. The van der Waals surface area contributed by atoms with Crippen molar-refractivity contribution in [1.82, 2.24) is 9.97 Å². The first-order chi connectivity index (χ1) is 9.48. The van der Waals surface area contributed by atoms with E-state index in [2.05, 4.69) is 27.5 Å². The van der Waals surface area contributed by atoms with E-state index in [9.17, 15) is 5.11 Å². The second-order valence-corrected chi connectivity index (χ2v) is 5.25. The van der Waals surface area contributed by atoms with E-state index in [4.69, 9.17) is 4.74 Å². The number of rotatable bonds is 9. The summed E-state index contributed by atoms with van der Waals surface area (Å²) in [4.78, 5) is 8.64. The zero-order chi connectivity index (χ0) is 15.0. The van der Waals surface area contributed by atoms with Gasteiger partial charge in [-0.1, -0.05) is 6.92 Å². The minimum atomic E-state index is -0.829. The van der Waals surface area contributed by atoms with Gasteiger partial charge in [0.25, 0.3) is 0 Å². The smallest absolute Gasteiger partial charge is 0.224 e. The van der Waals surface area contributed by atoms with Crippen molar-refractivity contribution >= 4 is 11.8 Å². The zero-order valence-corrected chi connectivity index (χ0v) is 12.9. The molecule has 0 spiro atoms. The molecule has 6 heteroatoms. The summed E-state index contributed by atoms with van der Waals surface area (Å²) in [5, 5.41) is 16.5. The zero-order valence-electron chi connectivity index (χ0n) is 12.9. The predicted octanol–water partition coefficient (Wildman–Crippen LogP) is 1.81. The van der Waals surface area contributed by atoms with Crippen LogP contribution in [0.15, 0.2) is 6.20 Å². The van der Waals surface area contributed by atoms with Crippen molar-refractivity contribution in [3.8, 4) is 0 Å². The molecule has 1 aromatic heterocycles. The van der Waals surface area contributed by atoms with Crippen LogP contribution in [0, 0.1) is 6.92 Å². The number of aliphatic hydroxyl groups is 1. The van der Waals surface area contributed by atoms with Crippen LogP contribution >= 0.6 is 0 Å². The van der Waals surface area contributed by atoms with Gasteiger partial charge in [-0.15, -0.1) is 0 Å². The maximum absolute atomic E-state index is 10.2. The van der Waals surface area contributed by atoms with Crippen LogP contribution in [-0.4, -0.2) is 47.5 Å². The number of nitrogens with one attached hydrogen (secondary N) is 2. The lowest BCUT2D eigenvalue weighted by Crippen LogP contribution is -2.35. The maximum Gasteiger partial charge on any atom is 0.224 e. The fourth-order valence-corrected chi connectivity index (χ4v) is 1.63. The summed E-state index contributed by atoms with van der Waals surface area (Å²) in [6.45, 7) is 7.60. The van der Waals surface area contributed by atoms with E-state index in [-0.39, 0.29) is 0 Å². The van der Waals surface area contributed by atoms with Crippen molar-refractivity contribution in [2.75, 3.05) is 37.4 Å². The topological polar surface area (TPSA) is 79.3 Å². The molecule has 1 aromatic rings. The quantitative estimate of drug-likeness (QED) is 0.641. The molecular formula is C14H26N4O2. The molecule has 3 N–H and O–H groups in total. The summed E-state index contributed by atoms with van der Waals surface area (Å²) >= 11 is 0. The molecule has 0 amide bonds. The van der Waals surface area contributed by atoms with Gasteiger partial charge in [-0.05, 0) is 20.3 Å². The third-order valence-corrected chi connectivity index (χ3v) is 2.99. The van der Waals surface area contributed by atoms with Crippen LogP contribution in [0.25, 0.3) is 0 Å². The fourth-order valence-electron chi connectivity index (χ4n) is 1.63. The fraction of sp³-hybridized carbons (Fsp3) is 0.714. The largest absolute Gasteiger partial charge is 0.388 e. The summed E-state index contributed by atoms with van der Waals surface area (Å²) in [6, 6.07) is 0. The molecule has 0 radical (unpaired) electrons. The third-order valence-electron chi connectivity index (χ3n) is 2.99. The van der Waals surface area contributed by atoms with Crippen molar-refractivity contribution in [1.29, 1.82) is 0 Å². The van der Waals surface area contributed by atoms with E-state index in [0.717, 1.165) is 24.3 Å². The number of aromatic nitrogens is 2. The number of anilines is 2. The molecule has 1 atom stereocenters. The van der Waals surface area contributed by atoms with Gasteiger partial charge < -0.3 is 20.5 Å². The van der Waals surface area contributed by atoms with Crippen LogP contribution in [0.1, 0.15) is 32.3 Å². The molecule has 0 saturated carbocycles. The molecule has 1 unspecified atom stereocenters. The van der Waals surface area contributed by atoms with Crippen molar-refractivity contribution < 1.29 is 9.84 Å². The minimum Gasteiger partial charge on any atom is -0.388 e. The molecule has 0 aliphatic heterocycles. The van der Waals surface area contributed by atoms with Gasteiger partial charge in [0.15, 0.2) is 0 Å². The molecule has 0 aliphatic carbocycles. The van der Waals surface area contributed by atoms with Crippen molar-refractivity contribution in [2.24, 2.45) is 0 Å². The maximum atomic E-state index is 10.2. The highest BCUT2D eigenvalue weighted by molar-refractivity contribution is 5.46. The molecule has 114 valence electrons. The van der Waals surface area contributed by atoms with Gasteiger partial charge >= 0.3 is 0 Å².